The maximum absolute atomic E-state index is 13.2. The fourth-order valence-corrected chi connectivity index (χ4v) is 4.38. The molecule has 2 amide bonds. The fourth-order valence-electron chi connectivity index (χ4n) is 4.38. The van der Waals surface area contributed by atoms with Gasteiger partial charge < -0.3 is 9.80 Å². The molecule has 2 fully saturated rings. The van der Waals surface area contributed by atoms with Crippen molar-refractivity contribution in [3.05, 3.63) is 36.2 Å². The van der Waals surface area contributed by atoms with Crippen molar-refractivity contribution in [1.29, 1.82) is 0 Å². The highest BCUT2D eigenvalue weighted by Crippen LogP contribution is 2.40. The number of hydrogen-bond donors (Lipinski definition) is 0. The minimum atomic E-state index is 0.130. The maximum Gasteiger partial charge on any atom is 0.326 e. The van der Waals surface area contributed by atoms with Gasteiger partial charge in [0.05, 0.1) is 17.4 Å². The Kier molecular flexibility index (Phi) is 3.58. The molecule has 0 saturated carbocycles. The van der Waals surface area contributed by atoms with E-state index in [2.05, 4.69) is 22.0 Å². The number of likely N-dealkylation sites (tertiary alicyclic amines) is 1. The first-order valence-electron chi connectivity index (χ1n) is 9.48. The number of amides is 2. The topological polar surface area (TPSA) is 52.6 Å². The van der Waals surface area contributed by atoms with Crippen LogP contribution in [-0.2, 0) is 0 Å². The Bertz CT molecular complexity index is 861. The van der Waals surface area contributed by atoms with Gasteiger partial charge in [0.2, 0.25) is 0 Å². The third-order valence-electron chi connectivity index (χ3n) is 5.73. The van der Waals surface area contributed by atoms with Gasteiger partial charge >= 0.3 is 6.03 Å². The Morgan fingerprint density at radius 1 is 1.15 bits per heavy atom. The molecule has 2 aromatic heterocycles. The first-order chi connectivity index (χ1) is 12.7. The summed E-state index contributed by atoms with van der Waals surface area (Å²) < 4.78 is 0. The minimum Gasteiger partial charge on any atom is -0.366 e. The molecule has 0 aliphatic carbocycles. The van der Waals surface area contributed by atoms with Crippen molar-refractivity contribution in [3.63, 3.8) is 0 Å². The number of anilines is 2. The summed E-state index contributed by atoms with van der Waals surface area (Å²) in [5, 5.41) is 0. The number of nitrogens with zero attached hydrogens (tertiary/aromatic N) is 5. The fraction of sp³-hybridized carbons (Fsp3) is 0.450. The minimum absolute atomic E-state index is 0.130. The zero-order chi connectivity index (χ0) is 17.7. The van der Waals surface area contributed by atoms with Crippen molar-refractivity contribution >= 4 is 17.5 Å². The van der Waals surface area contributed by atoms with E-state index >= 15 is 0 Å². The van der Waals surface area contributed by atoms with Crippen LogP contribution in [0.15, 0.2) is 30.5 Å². The molecule has 2 saturated heterocycles. The van der Waals surface area contributed by atoms with Gasteiger partial charge in [-0.05, 0) is 50.5 Å². The third kappa shape index (κ3) is 2.43. The van der Waals surface area contributed by atoms with E-state index in [4.69, 9.17) is 4.98 Å². The summed E-state index contributed by atoms with van der Waals surface area (Å²) in [4.78, 5) is 28.8. The molecule has 0 spiro atoms. The summed E-state index contributed by atoms with van der Waals surface area (Å²) in [5.74, 6) is 0.822. The number of aryl methyl sites for hydroxylation is 1. The smallest absolute Gasteiger partial charge is 0.326 e. The predicted octanol–water partition coefficient (Wildman–Crippen LogP) is 3.07. The van der Waals surface area contributed by atoms with E-state index in [-0.39, 0.29) is 12.1 Å². The van der Waals surface area contributed by atoms with Gasteiger partial charge in [-0.25, -0.2) is 9.78 Å². The number of hydrogen-bond acceptors (Lipinski definition) is 4. The molecule has 134 valence electrons. The first kappa shape index (κ1) is 15.6. The Morgan fingerprint density at radius 3 is 2.81 bits per heavy atom. The first-order valence-corrected chi connectivity index (χ1v) is 9.48. The van der Waals surface area contributed by atoms with Gasteiger partial charge in [0.1, 0.15) is 0 Å². The van der Waals surface area contributed by atoms with Gasteiger partial charge in [-0.3, -0.25) is 9.88 Å². The molecular formula is C20H23N5O. The number of fused-ring (bicyclic) bond motifs is 4. The standard InChI is InChI=1S/C20H23N5O/c1-14-12-15(6-8-21-14)17-4-5-18-19(22-17)25(16-7-11-24(18)13-16)20(26)23-9-2-3-10-23/h4-6,8,12,16H,2-3,7,9-11,13H2,1H3. The zero-order valence-corrected chi connectivity index (χ0v) is 15.1. The molecule has 1 unspecified atom stereocenters. The lowest BCUT2D eigenvalue weighted by Gasteiger charge is -2.37. The van der Waals surface area contributed by atoms with E-state index < -0.39 is 0 Å². The van der Waals surface area contributed by atoms with Gasteiger partial charge in [0.15, 0.2) is 5.82 Å². The van der Waals surface area contributed by atoms with E-state index in [0.29, 0.717) is 0 Å². The highest BCUT2D eigenvalue weighted by molar-refractivity contribution is 5.97. The maximum atomic E-state index is 13.2. The summed E-state index contributed by atoms with van der Waals surface area (Å²) in [6, 6.07) is 8.57. The quantitative estimate of drug-likeness (QED) is 0.794. The van der Waals surface area contributed by atoms with Crippen molar-refractivity contribution in [2.45, 2.75) is 32.2 Å². The van der Waals surface area contributed by atoms with Crippen LogP contribution in [0.25, 0.3) is 11.3 Å². The summed E-state index contributed by atoms with van der Waals surface area (Å²) >= 11 is 0. The predicted molar refractivity (Wildman–Crippen MR) is 102 cm³/mol. The van der Waals surface area contributed by atoms with Gasteiger partial charge in [-0.15, -0.1) is 0 Å². The van der Waals surface area contributed by atoms with E-state index in [0.717, 1.165) is 73.9 Å². The second kappa shape index (κ2) is 5.97. The molecule has 2 aromatic rings. The monoisotopic (exact) mass is 349 g/mol. The van der Waals surface area contributed by atoms with E-state index in [1.54, 1.807) is 0 Å². The molecular weight excluding hydrogens is 326 g/mol. The molecule has 5 rings (SSSR count). The second-order valence-corrected chi connectivity index (χ2v) is 7.46. The molecule has 3 aliphatic rings. The third-order valence-corrected chi connectivity index (χ3v) is 5.73. The van der Waals surface area contributed by atoms with Crippen LogP contribution >= 0.6 is 0 Å². The number of pyridine rings is 2. The molecule has 0 aromatic carbocycles. The number of rotatable bonds is 1. The lowest BCUT2D eigenvalue weighted by molar-refractivity contribution is 0.213. The van der Waals surface area contributed by atoms with Crippen molar-refractivity contribution < 1.29 is 4.79 Å². The normalized spacial score (nSPS) is 21.3. The molecule has 0 N–H and O–H groups in total. The Labute approximate surface area is 153 Å². The van der Waals surface area contributed by atoms with E-state index in [1.807, 2.05) is 35.1 Å². The summed E-state index contributed by atoms with van der Waals surface area (Å²) in [7, 11) is 0. The lowest BCUT2D eigenvalue weighted by Crippen LogP contribution is -2.51. The van der Waals surface area contributed by atoms with Crippen molar-refractivity contribution in [1.82, 2.24) is 14.9 Å². The number of aromatic nitrogens is 2. The molecule has 5 heterocycles. The van der Waals surface area contributed by atoms with Crippen LogP contribution in [0.3, 0.4) is 0 Å². The number of urea groups is 1. The van der Waals surface area contributed by atoms with Crippen LogP contribution in [0, 0.1) is 6.92 Å². The van der Waals surface area contributed by atoms with Crippen LogP contribution in [-0.4, -0.2) is 53.1 Å². The Balaban J connectivity index is 1.58. The summed E-state index contributed by atoms with van der Waals surface area (Å²) in [5.41, 5.74) is 3.99. The Morgan fingerprint density at radius 2 is 2.00 bits per heavy atom. The number of carbonyl (C=O) groups is 1. The van der Waals surface area contributed by atoms with E-state index in [9.17, 15) is 4.79 Å². The molecule has 0 radical (unpaired) electrons. The van der Waals surface area contributed by atoms with Crippen molar-refractivity contribution in [2.75, 3.05) is 36.0 Å². The molecule has 2 bridgehead atoms. The highest BCUT2D eigenvalue weighted by Gasteiger charge is 2.42. The summed E-state index contributed by atoms with van der Waals surface area (Å²) in [6.45, 7) is 5.63. The van der Waals surface area contributed by atoms with Crippen LogP contribution in [0.4, 0.5) is 16.3 Å². The lowest BCUT2D eigenvalue weighted by atomic mass is 10.1. The molecule has 26 heavy (non-hydrogen) atoms. The van der Waals surface area contributed by atoms with Crippen LogP contribution < -0.4 is 9.80 Å². The van der Waals surface area contributed by atoms with Crippen molar-refractivity contribution in [2.24, 2.45) is 0 Å². The largest absolute Gasteiger partial charge is 0.366 e. The van der Waals surface area contributed by atoms with Gasteiger partial charge in [0, 0.05) is 43.6 Å². The van der Waals surface area contributed by atoms with Crippen LogP contribution in [0.5, 0.6) is 0 Å². The van der Waals surface area contributed by atoms with Gasteiger partial charge in [-0.1, -0.05) is 0 Å². The van der Waals surface area contributed by atoms with Crippen molar-refractivity contribution in [3.8, 4) is 11.3 Å². The second-order valence-electron chi connectivity index (χ2n) is 7.46. The SMILES string of the molecule is Cc1cc(-c2ccc3c(n2)N(C(=O)N2CCCC2)C2CCN3C2)ccn1. The van der Waals surface area contributed by atoms with Gasteiger partial charge in [-0.2, -0.15) is 0 Å². The van der Waals surface area contributed by atoms with Crippen LogP contribution in [0.1, 0.15) is 25.0 Å². The van der Waals surface area contributed by atoms with Crippen LogP contribution in [0.2, 0.25) is 0 Å². The average molecular weight is 349 g/mol. The van der Waals surface area contributed by atoms with Gasteiger partial charge in [0.25, 0.3) is 0 Å². The zero-order valence-electron chi connectivity index (χ0n) is 15.1. The molecule has 6 heteroatoms. The molecule has 3 aliphatic heterocycles. The molecule has 6 nitrogen and oxygen atoms in total. The van der Waals surface area contributed by atoms with E-state index in [1.165, 1.54) is 0 Å². The Hall–Kier alpha value is -2.63. The highest BCUT2D eigenvalue weighted by atomic mass is 16.2. The molecule has 1 atom stereocenters. The summed E-state index contributed by atoms with van der Waals surface area (Å²) in [6.07, 6.45) is 5.03. The average Bonchev–Trinajstić information content (AvgIpc) is 3.32. The number of carbonyl (C=O) groups excluding carboxylic acids is 1.